The molecule has 2 unspecified atom stereocenters. The number of rotatable bonds is 6. The van der Waals surface area contributed by atoms with Crippen LogP contribution in [0.4, 0.5) is 0 Å². The zero-order valence-electron chi connectivity index (χ0n) is 11.3. The first kappa shape index (κ1) is 14.5. The molecule has 1 aliphatic heterocycles. The Morgan fingerprint density at radius 2 is 2.24 bits per heavy atom. The molecule has 100 valence electrons. The van der Waals surface area contributed by atoms with E-state index in [2.05, 4.69) is 17.6 Å². The minimum Gasteiger partial charge on any atom is -0.396 e. The standard InChI is InChI=1S/C13H26N2O2/c1-4-12(3,7-9-16)15-11(17)13(5-2)6-8-14-10-13/h14,16H,4-10H2,1-3H3,(H,15,17). The van der Waals surface area contributed by atoms with Crippen molar-refractivity contribution in [1.82, 2.24) is 10.6 Å². The molecule has 0 aliphatic carbocycles. The Bertz CT molecular complexity index is 262. The third-order valence-corrected chi connectivity index (χ3v) is 4.26. The summed E-state index contributed by atoms with van der Waals surface area (Å²) in [4.78, 5) is 12.4. The molecule has 1 heterocycles. The molecule has 0 aromatic rings. The molecule has 0 aromatic carbocycles. The molecule has 1 aliphatic rings. The van der Waals surface area contributed by atoms with E-state index in [1.54, 1.807) is 0 Å². The lowest BCUT2D eigenvalue weighted by Crippen LogP contribution is -2.52. The van der Waals surface area contributed by atoms with Crippen LogP contribution in [0.5, 0.6) is 0 Å². The van der Waals surface area contributed by atoms with Crippen molar-refractivity contribution in [2.75, 3.05) is 19.7 Å². The van der Waals surface area contributed by atoms with Crippen LogP contribution in [-0.4, -0.2) is 36.2 Å². The number of nitrogens with one attached hydrogen (secondary N) is 2. The van der Waals surface area contributed by atoms with E-state index in [9.17, 15) is 4.79 Å². The number of aliphatic hydroxyl groups excluding tert-OH is 1. The predicted molar refractivity (Wildman–Crippen MR) is 68.8 cm³/mol. The molecule has 3 N–H and O–H groups in total. The van der Waals surface area contributed by atoms with Gasteiger partial charge in [0.15, 0.2) is 0 Å². The molecule has 0 bridgehead atoms. The Morgan fingerprint density at radius 1 is 1.53 bits per heavy atom. The highest BCUT2D eigenvalue weighted by Crippen LogP contribution is 2.31. The van der Waals surface area contributed by atoms with Crippen molar-refractivity contribution in [3.05, 3.63) is 0 Å². The zero-order chi connectivity index (χ0) is 12.9. The predicted octanol–water partition coefficient (Wildman–Crippen LogP) is 1.04. The summed E-state index contributed by atoms with van der Waals surface area (Å²) in [5.74, 6) is 0.141. The van der Waals surface area contributed by atoms with Gasteiger partial charge < -0.3 is 15.7 Å². The molecule has 4 nitrogen and oxygen atoms in total. The molecule has 0 aromatic heterocycles. The zero-order valence-corrected chi connectivity index (χ0v) is 11.3. The second kappa shape index (κ2) is 5.83. The third kappa shape index (κ3) is 3.19. The van der Waals surface area contributed by atoms with Crippen LogP contribution < -0.4 is 10.6 Å². The van der Waals surface area contributed by atoms with Crippen LogP contribution in [0.2, 0.25) is 0 Å². The van der Waals surface area contributed by atoms with Crippen LogP contribution in [-0.2, 0) is 4.79 Å². The van der Waals surface area contributed by atoms with Gasteiger partial charge in [-0.2, -0.15) is 0 Å². The minimum absolute atomic E-state index is 0.113. The monoisotopic (exact) mass is 242 g/mol. The lowest BCUT2D eigenvalue weighted by Gasteiger charge is -2.34. The van der Waals surface area contributed by atoms with Gasteiger partial charge in [-0.25, -0.2) is 0 Å². The normalized spacial score (nSPS) is 27.8. The molecule has 4 heteroatoms. The number of hydrogen-bond acceptors (Lipinski definition) is 3. The van der Waals surface area contributed by atoms with Gasteiger partial charge in [0, 0.05) is 18.7 Å². The first-order valence-corrected chi connectivity index (χ1v) is 6.66. The number of amides is 1. The maximum atomic E-state index is 12.4. The lowest BCUT2D eigenvalue weighted by atomic mass is 9.81. The fraction of sp³-hybridized carbons (Fsp3) is 0.923. The quantitative estimate of drug-likeness (QED) is 0.652. The molecule has 1 saturated heterocycles. The summed E-state index contributed by atoms with van der Waals surface area (Å²) in [6, 6.07) is 0. The van der Waals surface area contributed by atoms with Crippen molar-refractivity contribution in [2.24, 2.45) is 5.41 Å². The average molecular weight is 242 g/mol. The molecule has 0 spiro atoms. The summed E-state index contributed by atoms with van der Waals surface area (Å²) in [5.41, 5.74) is -0.525. The first-order valence-electron chi connectivity index (χ1n) is 6.66. The van der Waals surface area contributed by atoms with Gasteiger partial charge in [-0.1, -0.05) is 13.8 Å². The van der Waals surface area contributed by atoms with E-state index in [0.29, 0.717) is 6.42 Å². The summed E-state index contributed by atoms with van der Waals surface area (Å²) in [5, 5.41) is 15.5. The average Bonchev–Trinajstić information content (AvgIpc) is 2.79. The first-order chi connectivity index (χ1) is 8.02. The van der Waals surface area contributed by atoms with Crippen LogP contribution in [0.15, 0.2) is 0 Å². The van der Waals surface area contributed by atoms with Crippen LogP contribution in [0.3, 0.4) is 0 Å². The van der Waals surface area contributed by atoms with Crippen molar-refractivity contribution < 1.29 is 9.90 Å². The summed E-state index contributed by atoms with van der Waals surface area (Å²) in [6.07, 6.45) is 3.23. The van der Waals surface area contributed by atoms with E-state index in [0.717, 1.165) is 32.4 Å². The van der Waals surface area contributed by atoms with Gasteiger partial charge in [0.1, 0.15) is 0 Å². The van der Waals surface area contributed by atoms with Gasteiger partial charge in [0.2, 0.25) is 5.91 Å². The third-order valence-electron chi connectivity index (χ3n) is 4.26. The minimum atomic E-state index is -0.281. The summed E-state index contributed by atoms with van der Waals surface area (Å²) in [7, 11) is 0. The second-order valence-electron chi connectivity index (χ2n) is 5.40. The fourth-order valence-corrected chi connectivity index (χ4v) is 2.38. The topological polar surface area (TPSA) is 61.4 Å². The molecule has 1 rings (SSSR count). The molecule has 1 fully saturated rings. The second-order valence-corrected chi connectivity index (χ2v) is 5.40. The molecule has 0 saturated carbocycles. The van der Waals surface area contributed by atoms with E-state index < -0.39 is 0 Å². The van der Waals surface area contributed by atoms with Crippen molar-refractivity contribution in [3.8, 4) is 0 Å². The number of aliphatic hydroxyl groups is 1. The maximum Gasteiger partial charge on any atom is 0.227 e. The lowest BCUT2D eigenvalue weighted by molar-refractivity contribution is -0.132. The molecular weight excluding hydrogens is 216 g/mol. The molecule has 2 atom stereocenters. The van der Waals surface area contributed by atoms with E-state index >= 15 is 0 Å². The van der Waals surface area contributed by atoms with Gasteiger partial charge >= 0.3 is 0 Å². The van der Waals surface area contributed by atoms with Crippen LogP contribution in [0, 0.1) is 5.41 Å². The highest BCUT2D eigenvalue weighted by Gasteiger charge is 2.41. The van der Waals surface area contributed by atoms with Gasteiger partial charge in [-0.3, -0.25) is 4.79 Å². The Morgan fingerprint density at radius 3 is 2.65 bits per heavy atom. The number of carbonyl (C=O) groups is 1. The summed E-state index contributed by atoms with van der Waals surface area (Å²) < 4.78 is 0. The van der Waals surface area contributed by atoms with Crippen molar-refractivity contribution in [1.29, 1.82) is 0 Å². The summed E-state index contributed by atoms with van der Waals surface area (Å²) >= 11 is 0. The van der Waals surface area contributed by atoms with E-state index in [1.807, 2.05) is 13.8 Å². The van der Waals surface area contributed by atoms with Gasteiger partial charge in [0.05, 0.1) is 5.41 Å². The largest absolute Gasteiger partial charge is 0.396 e. The van der Waals surface area contributed by atoms with Crippen molar-refractivity contribution in [3.63, 3.8) is 0 Å². The fourth-order valence-electron chi connectivity index (χ4n) is 2.38. The smallest absolute Gasteiger partial charge is 0.227 e. The Labute approximate surface area is 104 Å². The molecule has 0 radical (unpaired) electrons. The molecule has 17 heavy (non-hydrogen) atoms. The highest BCUT2D eigenvalue weighted by molar-refractivity contribution is 5.84. The summed E-state index contributed by atoms with van der Waals surface area (Å²) in [6.45, 7) is 7.93. The molecular formula is C13H26N2O2. The Kier molecular flexibility index (Phi) is 4.95. The van der Waals surface area contributed by atoms with E-state index in [1.165, 1.54) is 0 Å². The van der Waals surface area contributed by atoms with E-state index in [-0.39, 0.29) is 23.5 Å². The SMILES string of the molecule is CCC(C)(CCO)NC(=O)C1(CC)CCNC1. The molecule has 1 amide bonds. The number of carbonyl (C=O) groups excluding carboxylic acids is 1. The van der Waals surface area contributed by atoms with Gasteiger partial charge in [-0.05, 0) is 39.2 Å². The Hall–Kier alpha value is -0.610. The highest BCUT2D eigenvalue weighted by atomic mass is 16.3. The Balaban J connectivity index is 2.69. The van der Waals surface area contributed by atoms with Gasteiger partial charge in [-0.15, -0.1) is 0 Å². The van der Waals surface area contributed by atoms with E-state index in [4.69, 9.17) is 5.11 Å². The number of hydrogen-bond donors (Lipinski definition) is 3. The maximum absolute atomic E-state index is 12.4. The van der Waals surface area contributed by atoms with Crippen molar-refractivity contribution >= 4 is 5.91 Å². The van der Waals surface area contributed by atoms with Crippen LogP contribution in [0.1, 0.15) is 46.5 Å². The van der Waals surface area contributed by atoms with Gasteiger partial charge in [0.25, 0.3) is 0 Å². The van der Waals surface area contributed by atoms with Crippen molar-refractivity contribution in [2.45, 2.75) is 52.0 Å². The van der Waals surface area contributed by atoms with Crippen LogP contribution in [0.25, 0.3) is 0 Å². The van der Waals surface area contributed by atoms with Crippen LogP contribution >= 0.6 is 0 Å².